The van der Waals surface area contributed by atoms with Crippen LogP contribution in [0.1, 0.15) is 64.2 Å². The maximum Gasteiger partial charge on any atom is 0.309 e. The van der Waals surface area contributed by atoms with Crippen LogP contribution in [0.25, 0.3) is 0 Å². The highest BCUT2D eigenvalue weighted by Gasteiger charge is 2.11. The number of carbonyl (C=O) groups is 2. The molecule has 0 heterocycles. The number of unbranched alkanes of at least 4 members (excludes halogenated alkanes) is 8. The van der Waals surface area contributed by atoms with Crippen molar-refractivity contribution in [2.45, 2.75) is 64.2 Å². The fourth-order valence-corrected chi connectivity index (χ4v) is 2.69. The van der Waals surface area contributed by atoms with Gasteiger partial charge in [0.05, 0.1) is 12.1 Å². The molecule has 0 spiro atoms. The van der Waals surface area contributed by atoms with Gasteiger partial charge in [-0.05, 0) is 88.8 Å². The minimum atomic E-state index is -0.582. The molecule has 0 rings (SSSR count). The number of halogens is 4. The Balaban J connectivity index is -0.000000623. The Labute approximate surface area is 282 Å². The number of nitrogens with one attached hydrogen (secondary N) is 2. The standard InChI is InChI=1S/C16H26N4O2.2C6I2/c17-11-7-3-1-5-9-13-19-15(21)16(22)20-14-10-6-2-4-8-12-18;2*7-5-3-1-2-4-6-8/h1-10,13-14H2,(H,19,21)(H,20,22);;. The number of amides is 2. The molecule has 0 bridgehead atoms. The molecule has 0 aromatic rings. The first-order chi connectivity index (χ1) is 18.5. The second kappa shape index (κ2) is 39.7. The van der Waals surface area contributed by atoms with E-state index < -0.39 is 11.8 Å². The molecule has 10 heteroatoms. The summed E-state index contributed by atoms with van der Waals surface area (Å²) in [6.45, 7) is 0.986. The van der Waals surface area contributed by atoms with Crippen molar-refractivity contribution in [1.29, 1.82) is 10.5 Å². The third kappa shape index (κ3) is 41.3. The third-order valence-corrected chi connectivity index (χ3v) is 4.85. The number of hydrogen-bond acceptors (Lipinski definition) is 4. The summed E-state index contributed by atoms with van der Waals surface area (Å²) in [7, 11) is 0. The number of nitrogens with zero attached hydrogens (tertiary/aromatic N) is 2. The SMILES string of the molecule is IC#CC#CC#CI.IC#CC#CC#CI.N#CCCCCCCNC(=O)C(=O)NCCCCCCC#N. The molecule has 0 atom stereocenters. The molecule has 0 fully saturated rings. The summed E-state index contributed by atoms with van der Waals surface area (Å²) >= 11 is 7.70. The van der Waals surface area contributed by atoms with Gasteiger partial charge in [-0.1, -0.05) is 25.7 Å². The van der Waals surface area contributed by atoms with E-state index >= 15 is 0 Å². The molecule has 0 unspecified atom stereocenters. The summed E-state index contributed by atoms with van der Waals surface area (Å²) in [5.41, 5.74) is 0. The zero-order valence-electron chi connectivity index (χ0n) is 20.7. The lowest BCUT2D eigenvalue weighted by Crippen LogP contribution is -2.40. The Morgan fingerprint density at radius 2 is 0.763 bits per heavy atom. The lowest BCUT2D eigenvalue weighted by molar-refractivity contribution is -0.139. The molecular formula is C28H26I4N4O2. The maximum atomic E-state index is 11.5. The van der Waals surface area contributed by atoms with Gasteiger partial charge in [0.15, 0.2) is 0 Å². The topological polar surface area (TPSA) is 106 Å². The summed E-state index contributed by atoms with van der Waals surface area (Å²) in [5, 5.41) is 21.9. The predicted octanol–water partition coefficient (Wildman–Crippen LogP) is 5.73. The minimum absolute atomic E-state index is 0.493. The van der Waals surface area contributed by atoms with Crippen LogP contribution in [0.2, 0.25) is 0 Å². The number of hydrogen-bond donors (Lipinski definition) is 2. The van der Waals surface area contributed by atoms with Crippen LogP contribution in [0, 0.1) is 85.7 Å². The van der Waals surface area contributed by atoms with Crippen molar-refractivity contribution in [2.24, 2.45) is 0 Å². The van der Waals surface area contributed by atoms with Crippen molar-refractivity contribution in [1.82, 2.24) is 10.6 Å². The van der Waals surface area contributed by atoms with Crippen molar-refractivity contribution in [3.63, 3.8) is 0 Å². The van der Waals surface area contributed by atoms with Gasteiger partial charge < -0.3 is 10.6 Å². The smallest absolute Gasteiger partial charge is 0.309 e. The first-order valence-corrected chi connectivity index (χ1v) is 15.6. The first kappa shape index (κ1) is 40.7. The highest BCUT2D eigenvalue weighted by Crippen LogP contribution is 2.02. The van der Waals surface area contributed by atoms with Gasteiger partial charge in [0.2, 0.25) is 0 Å². The molecule has 0 radical (unpaired) electrons. The Bertz CT molecular complexity index is 995. The Hall–Kier alpha value is -1.80. The van der Waals surface area contributed by atoms with Gasteiger partial charge >= 0.3 is 11.8 Å². The Morgan fingerprint density at radius 1 is 0.474 bits per heavy atom. The Morgan fingerprint density at radius 3 is 1.03 bits per heavy atom. The highest BCUT2D eigenvalue weighted by molar-refractivity contribution is 14.1. The summed E-state index contributed by atoms with van der Waals surface area (Å²) < 4.78 is 10.4. The number of rotatable bonds is 12. The lowest BCUT2D eigenvalue weighted by atomic mass is 10.1. The van der Waals surface area contributed by atoms with Gasteiger partial charge in [0.25, 0.3) is 0 Å². The fraction of sp³-hybridized carbons (Fsp3) is 0.429. The molecule has 6 nitrogen and oxygen atoms in total. The van der Waals surface area contributed by atoms with Crippen LogP contribution in [0.5, 0.6) is 0 Å². The normalized spacial score (nSPS) is 7.11. The monoisotopic (exact) mass is 958 g/mol. The zero-order chi connectivity index (χ0) is 29.0. The number of carbonyl (C=O) groups excluding carboxylic acids is 2. The molecule has 0 saturated carbocycles. The molecule has 38 heavy (non-hydrogen) atoms. The summed E-state index contributed by atoms with van der Waals surface area (Å²) in [6.07, 6.45) is 8.42. The van der Waals surface area contributed by atoms with Crippen LogP contribution in [-0.4, -0.2) is 24.9 Å². The molecule has 0 aliphatic carbocycles. The first-order valence-electron chi connectivity index (χ1n) is 11.3. The molecule has 0 aliphatic heterocycles. The Kier molecular flexibility index (Phi) is 42.5. The van der Waals surface area contributed by atoms with Crippen LogP contribution in [0.3, 0.4) is 0 Å². The average Bonchev–Trinajstić information content (AvgIpc) is 2.93. The van der Waals surface area contributed by atoms with Crippen LogP contribution in [0.4, 0.5) is 0 Å². The number of nitriles is 2. The van der Waals surface area contributed by atoms with Crippen molar-refractivity contribution >= 4 is 102 Å². The van der Waals surface area contributed by atoms with Crippen molar-refractivity contribution < 1.29 is 9.59 Å². The molecule has 0 aromatic carbocycles. The summed E-state index contributed by atoms with van der Waals surface area (Å²) in [5.74, 6) is 19.2. The quantitative estimate of drug-likeness (QED) is 0.113. The van der Waals surface area contributed by atoms with E-state index in [2.05, 4.69) is 85.8 Å². The maximum absolute atomic E-state index is 11.5. The lowest BCUT2D eigenvalue weighted by Gasteiger charge is -2.06. The van der Waals surface area contributed by atoms with Crippen LogP contribution in [-0.2, 0) is 9.59 Å². The van der Waals surface area contributed by atoms with Crippen molar-refractivity contribution in [3.05, 3.63) is 0 Å². The molecule has 2 N–H and O–H groups in total. The van der Waals surface area contributed by atoms with Crippen LogP contribution < -0.4 is 10.6 Å². The van der Waals surface area contributed by atoms with E-state index in [4.69, 9.17) is 10.5 Å². The van der Waals surface area contributed by atoms with Crippen LogP contribution in [0.15, 0.2) is 0 Å². The van der Waals surface area contributed by atoms with E-state index in [-0.39, 0.29) is 0 Å². The van der Waals surface area contributed by atoms with E-state index in [1.807, 2.05) is 90.4 Å². The summed E-state index contributed by atoms with van der Waals surface area (Å²) in [4.78, 5) is 23.0. The molecule has 0 aliphatic rings. The predicted molar refractivity (Wildman–Crippen MR) is 186 cm³/mol. The van der Waals surface area contributed by atoms with Crippen molar-refractivity contribution in [3.8, 4) is 75.2 Å². The van der Waals surface area contributed by atoms with Crippen LogP contribution >= 0.6 is 90.4 Å². The second-order valence-corrected chi connectivity index (χ2v) is 8.69. The fourth-order valence-electron chi connectivity index (χ4n) is 2.15. The van der Waals surface area contributed by atoms with Gasteiger partial charge in [-0.2, -0.15) is 10.5 Å². The molecule has 2 amide bonds. The van der Waals surface area contributed by atoms with E-state index in [0.29, 0.717) is 25.9 Å². The van der Waals surface area contributed by atoms with Gasteiger partial charge in [-0.25, -0.2) is 0 Å². The molecular weight excluding hydrogens is 932 g/mol. The third-order valence-electron chi connectivity index (χ3n) is 3.77. The van der Waals surface area contributed by atoms with E-state index in [1.165, 1.54) is 0 Å². The van der Waals surface area contributed by atoms with Gasteiger partial charge in [-0.3, -0.25) is 9.59 Å². The van der Waals surface area contributed by atoms with Gasteiger partial charge in [-0.15, -0.1) is 0 Å². The average molecular weight is 958 g/mol. The van der Waals surface area contributed by atoms with Gasteiger partial charge in [0, 0.05) is 116 Å². The molecule has 198 valence electrons. The van der Waals surface area contributed by atoms with E-state index in [0.717, 1.165) is 51.4 Å². The molecule has 0 saturated heterocycles. The second-order valence-electron chi connectivity index (χ2n) is 6.53. The van der Waals surface area contributed by atoms with E-state index in [1.54, 1.807) is 0 Å². The molecule has 0 aromatic heterocycles. The zero-order valence-corrected chi connectivity index (χ0v) is 29.3. The minimum Gasteiger partial charge on any atom is -0.348 e. The van der Waals surface area contributed by atoms with Gasteiger partial charge in [0.1, 0.15) is 0 Å². The largest absolute Gasteiger partial charge is 0.348 e. The highest BCUT2D eigenvalue weighted by atomic mass is 127. The summed E-state index contributed by atoms with van der Waals surface area (Å²) in [6, 6.07) is 4.19. The van der Waals surface area contributed by atoms with Crippen molar-refractivity contribution in [2.75, 3.05) is 13.1 Å². The van der Waals surface area contributed by atoms with E-state index in [9.17, 15) is 9.59 Å².